The van der Waals surface area contributed by atoms with Crippen molar-refractivity contribution in [1.29, 1.82) is 0 Å². The molecule has 3 rings (SSSR count). The summed E-state index contributed by atoms with van der Waals surface area (Å²) in [5, 5.41) is 7.03. The van der Waals surface area contributed by atoms with Gasteiger partial charge in [0.05, 0.1) is 21.3 Å². The fourth-order valence-electron chi connectivity index (χ4n) is 3.97. The molecule has 0 aromatic heterocycles. The molecule has 0 atom stereocenters. The molecule has 0 aliphatic carbocycles. The summed E-state index contributed by atoms with van der Waals surface area (Å²) in [6, 6.07) is 14.7. The molecule has 1 aliphatic rings. The van der Waals surface area contributed by atoms with Crippen molar-refractivity contribution in [1.82, 2.24) is 10.6 Å². The Bertz CT molecular complexity index is 863. The summed E-state index contributed by atoms with van der Waals surface area (Å²) in [5.74, 6) is 3.42. The second-order valence-electron chi connectivity index (χ2n) is 7.93. The van der Waals surface area contributed by atoms with E-state index < -0.39 is 0 Å². The molecule has 1 saturated heterocycles. The van der Waals surface area contributed by atoms with Crippen molar-refractivity contribution in [2.45, 2.75) is 31.7 Å². The number of hydrogen-bond donors (Lipinski definition) is 2. The highest BCUT2D eigenvalue weighted by Crippen LogP contribution is 2.30. The molecule has 2 N–H and O–H groups in total. The molecule has 0 spiro atoms. The quantitative estimate of drug-likeness (QED) is 0.206. The van der Waals surface area contributed by atoms with Crippen LogP contribution in [0, 0.1) is 0 Å². The first-order valence-electron chi connectivity index (χ1n) is 11.2. The Balaban J connectivity index is 0.00000385. The van der Waals surface area contributed by atoms with E-state index in [1.54, 1.807) is 21.3 Å². The van der Waals surface area contributed by atoms with Crippen molar-refractivity contribution in [3.8, 4) is 17.2 Å². The first-order chi connectivity index (χ1) is 15.6. The topological polar surface area (TPSA) is 67.4 Å². The van der Waals surface area contributed by atoms with Crippen molar-refractivity contribution >= 4 is 35.6 Å². The Hall–Kier alpha value is -2.36. The molecule has 2 aromatic carbocycles. The minimum atomic E-state index is 0. The molecule has 1 aliphatic heterocycles. The summed E-state index contributed by atoms with van der Waals surface area (Å²) in [6.07, 6.45) is 4.13. The van der Waals surface area contributed by atoms with Crippen LogP contribution in [0.5, 0.6) is 17.2 Å². The van der Waals surface area contributed by atoms with Crippen LogP contribution in [0.3, 0.4) is 0 Å². The minimum Gasteiger partial charge on any atom is -0.497 e. The second-order valence-corrected chi connectivity index (χ2v) is 7.93. The van der Waals surface area contributed by atoms with Gasteiger partial charge in [0.1, 0.15) is 17.2 Å². The maximum absolute atomic E-state index is 5.41. The van der Waals surface area contributed by atoms with Crippen molar-refractivity contribution in [2.24, 2.45) is 4.99 Å². The zero-order chi connectivity index (χ0) is 22.8. The molecule has 0 saturated carbocycles. The van der Waals surface area contributed by atoms with Crippen molar-refractivity contribution in [3.63, 3.8) is 0 Å². The number of ether oxygens (including phenoxy) is 3. The van der Waals surface area contributed by atoms with Gasteiger partial charge in [-0.25, -0.2) is 0 Å². The normalized spacial score (nSPS) is 14.3. The molecule has 0 amide bonds. The maximum atomic E-state index is 5.41. The highest BCUT2D eigenvalue weighted by Gasteiger charge is 2.21. The largest absolute Gasteiger partial charge is 0.497 e. The van der Waals surface area contributed by atoms with Gasteiger partial charge in [-0.15, -0.1) is 24.0 Å². The second kappa shape index (κ2) is 14.0. The van der Waals surface area contributed by atoms with E-state index in [1.807, 2.05) is 25.2 Å². The van der Waals surface area contributed by atoms with Crippen molar-refractivity contribution < 1.29 is 14.2 Å². The number of halogens is 1. The van der Waals surface area contributed by atoms with Gasteiger partial charge in [-0.2, -0.15) is 0 Å². The van der Waals surface area contributed by atoms with Gasteiger partial charge >= 0.3 is 0 Å². The van der Waals surface area contributed by atoms with Crippen LogP contribution in [-0.4, -0.2) is 60.0 Å². The number of nitrogens with one attached hydrogen (secondary N) is 2. The number of guanidine groups is 1. The van der Waals surface area contributed by atoms with Gasteiger partial charge in [0.15, 0.2) is 5.96 Å². The third kappa shape index (κ3) is 8.17. The standard InChI is InChI=1S/C25H36N4O3.HI/c1-26-25(27-12-6-8-19-7-5-9-22(15-19)30-2)28-20-10-13-29(14-11-20)21-16-23(31-3)18-24(17-21)32-4;/h5,7,9,15-18,20H,6,8,10-14H2,1-4H3,(H2,26,27,28);1H. The van der Waals surface area contributed by atoms with E-state index in [0.29, 0.717) is 6.04 Å². The highest BCUT2D eigenvalue weighted by atomic mass is 127. The van der Waals surface area contributed by atoms with Crippen molar-refractivity contribution in [3.05, 3.63) is 48.0 Å². The number of aliphatic imine (C=N–C) groups is 1. The summed E-state index contributed by atoms with van der Waals surface area (Å²) >= 11 is 0. The van der Waals surface area contributed by atoms with Crippen LogP contribution < -0.4 is 29.7 Å². The minimum absolute atomic E-state index is 0. The number of anilines is 1. The lowest BCUT2D eigenvalue weighted by atomic mass is 10.0. The van der Waals surface area contributed by atoms with Crippen molar-refractivity contribution in [2.75, 3.05) is 52.9 Å². The molecule has 1 heterocycles. The predicted molar refractivity (Wildman–Crippen MR) is 146 cm³/mol. The van der Waals surface area contributed by atoms with Crippen LogP contribution in [0.25, 0.3) is 0 Å². The van der Waals surface area contributed by atoms with E-state index in [-0.39, 0.29) is 24.0 Å². The number of aryl methyl sites for hydroxylation is 1. The van der Waals surface area contributed by atoms with Crippen LogP contribution in [0.2, 0.25) is 0 Å². The monoisotopic (exact) mass is 568 g/mol. The molecule has 2 aromatic rings. The van der Waals surface area contributed by atoms with Gasteiger partial charge in [-0.05, 0) is 43.4 Å². The average molecular weight is 569 g/mol. The van der Waals surface area contributed by atoms with E-state index in [1.165, 1.54) is 5.56 Å². The molecule has 0 radical (unpaired) electrons. The van der Waals surface area contributed by atoms with Crippen LogP contribution in [0.15, 0.2) is 47.5 Å². The zero-order valence-corrected chi connectivity index (χ0v) is 22.4. The number of nitrogens with zero attached hydrogens (tertiary/aromatic N) is 2. The fraction of sp³-hybridized carbons (Fsp3) is 0.480. The summed E-state index contributed by atoms with van der Waals surface area (Å²) in [4.78, 5) is 6.79. The Morgan fingerprint density at radius 3 is 2.24 bits per heavy atom. The number of piperidine rings is 1. The van der Waals surface area contributed by atoms with E-state index >= 15 is 0 Å². The van der Waals surface area contributed by atoms with Crippen LogP contribution in [0.1, 0.15) is 24.8 Å². The first kappa shape index (κ1) is 26.9. The molecular formula is C25H37IN4O3. The molecule has 1 fully saturated rings. The number of hydrogen-bond acceptors (Lipinski definition) is 5. The van der Waals surface area contributed by atoms with Gasteiger partial charge in [0.25, 0.3) is 0 Å². The predicted octanol–water partition coefficient (Wildman–Crippen LogP) is 4.10. The highest BCUT2D eigenvalue weighted by molar-refractivity contribution is 14.0. The van der Waals surface area contributed by atoms with Gasteiger partial charge in [0.2, 0.25) is 0 Å². The summed E-state index contributed by atoms with van der Waals surface area (Å²) in [6.45, 7) is 2.82. The van der Waals surface area contributed by atoms with Crippen LogP contribution >= 0.6 is 24.0 Å². The Morgan fingerprint density at radius 1 is 0.970 bits per heavy atom. The summed E-state index contributed by atoms with van der Waals surface area (Å²) < 4.78 is 16.1. The van der Waals surface area contributed by atoms with Gasteiger partial charge in [-0.3, -0.25) is 4.99 Å². The van der Waals surface area contributed by atoms with Gasteiger partial charge in [0, 0.05) is 56.6 Å². The molecule has 182 valence electrons. The molecule has 7 nitrogen and oxygen atoms in total. The smallest absolute Gasteiger partial charge is 0.191 e. The molecule has 0 unspecified atom stereocenters. The van der Waals surface area contributed by atoms with E-state index in [9.17, 15) is 0 Å². The number of benzene rings is 2. The maximum Gasteiger partial charge on any atom is 0.191 e. The first-order valence-corrected chi connectivity index (χ1v) is 11.2. The average Bonchev–Trinajstić information content (AvgIpc) is 2.85. The van der Waals surface area contributed by atoms with E-state index in [4.69, 9.17) is 14.2 Å². The summed E-state index contributed by atoms with van der Waals surface area (Å²) in [7, 11) is 6.90. The van der Waals surface area contributed by atoms with Crippen LogP contribution in [-0.2, 0) is 6.42 Å². The third-order valence-corrected chi connectivity index (χ3v) is 5.83. The van der Waals surface area contributed by atoms with E-state index in [0.717, 1.165) is 74.2 Å². The van der Waals surface area contributed by atoms with Gasteiger partial charge in [-0.1, -0.05) is 12.1 Å². The lowest BCUT2D eigenvalue weighted by molar-refractivity contribution is 0.393. The Morgan fingerprint density at radius 2 is 1.64 bits per heavy atom. The lowest BCUT2D eigenvalue weighted by Crippen LogP contribution is -2.49. The van der Waals surface area contributed by atoms with Gasteiger partial charge < -0.3 is 29.7 Å². The molecule has 0 bridgehead atoms. The third-order valence-electron chi connectivity index (χ3n) is 5.83. The summed E-state index contributed by atoms with van der Waals surface area (Å²) in [5.41, 5.74) is 2.43. The lowest BCUT2D eigenvalue weighted by Gasteiger charge is -2.34. The molecule has 8 heteroatoms. The fourth-order valence-corrected chi connectivity index (χ4v) is 3.97. The molecule has 33 heavy (non-hydrogen) atoms. The zero-order valence-electron chi connectivity index (χ0n) is 20.1. The Labute approximate surface area is 214 Å². The molecular weight excluding hydrogens is 531 g/mol. The van der Waals surface area contributed by atoms with E-state index in [2.05, 4.69) is 44.8 Å². The Kier molecular flexibility index (Phi) is 11.4. The SMILES string of the molecule is CN=C(NCCCc1cccc(OC)c1)NC1CCN(c2cc(OC)cc(OC)c2)CC1.I. The number of rotatable bonds is 9. The number of methoxy groups -OCH3 is 3. The van der Waals surface area contributed by atoms with Crippen LogP contribution in [0.4, 0.5) is 5.69 Å².